The number of carbonyl (C=O) groups is 1. The average molecular weight is 357 g/mol. The average Bonchev–Trinajstić information content (AvgIpc) is 3.22. The number of rotatable bonds is 5. The van der Waals surface area contributed by atoms with Crippen LogP contribution in [0.15, 0.2) is 23.6 Å². The van der Waals surface area contributed by atoms with Gasteiger partial charge in [0.1, 0.15) is 5.75 Å². The molecule has 3 rings (SSSR count). The van der Waals surface area contributed by atoms with Crippen LogP contribution in [-0.4, -0.2) is 17.0 Å². The van der Waals surface area contributed by atoms with E-state index in [9.17, 15) is 4.79 Å². The molecule has 1 aliphatic rings. The molecule has 1 N–H and O–H groups in total. The normalized spacial score (nSPS) is 15.4. The van der Waals surface area contributed by atoms with Gasteiger partial charge in [0.15, 0.2) is 11.2 Å². The van der Waals surface area contributed by atoms with Crippen molar-refractivity contribution in [2.45, 2.75) is 31.8 Å². The Kier molecular flexibility index (Phi) is 4.57. The lowest BCUT2D eigenvalue weighted by Crippen LogP contribution is -2.30. The van der Waals surface area contributed by atoms with Gasteiger partial charge in [0.05, 0.1) is 10.7 Å². The first-order valence-corrected chi connectivity index (χ1v) is 8.54. The molecule has 1 aliphatic carbocycles. The van der Waals surface area contributed by atoms with E-state index < -0.39 is 6.10 Å². The quantitative estimate of drug-likeness (QED) is 0.841. The highest BCUT2D eigenvalue weighted by Crippen LogP contribution is 2.40. The largest absolute Gasteiger partial charge is 0.479 e. The van der Waals surface area contributed by atoms with E-state index in [0.717, 1.165) is 5.69 Å². The second-order valence-electron chi connectivity index (χ2n) is 5.18. The summed E-state index contributed by atoms with van der Waals surface area (Å²) in [4.78, 5) is 16.6. The van der Waals surface area contributed by atoms with E-state index in [0.29, 0.717) is 26.8 Å². The van der Waals surface area contributed by atoms with E-state index in [1.807, 2.05) is 5.38 Å². The van der Waals surface area contributed by atoms with Gasteiger partial charge in [0, 0.05) is 16.3 Å². The van der Waals surface area contributed by atoms with Crippen molar-refractivity contribution in [3.05, 3.63) is 39.3 Å². The first-order valence-electron chi connectivity index (χ1n) is 6.91. The van der Waals surface area contributed by atoms with Crippen molar-refractivity contribution in [1.29, 1.82) is 0 Å². The summed E-state index contributed by atoms with van der Waals surface area (Å²) in [5.41, 5.74) is 1.06. The highest BCUT2D eigenvalue weighted by atomic mass is 35.5. The van der Waals surface area contributed by atoms with Gasteiger partial charge in [0.2, 0.25) is 0 Å². The molecule has 1 aromatic heterocycles. The third kappa shape index (κ3) is 3.72. The number of thiazole rings is 1. The molecule has 1 atom stereocenters. The fourth-order valence-corrected chi connectivity index (χ4v) is 3.18. The van der Waals surface area contributed by atoms with Gasteiger partial charge in [-0.3, -0.25) is 10.1 Å². The number of aromatic nitrogens is 1. The van der Waals surface area contributed by atoms with Crippen molar-refractivity contribution < 1.29 is 9.53 Å². The maximum absolute atomic E-state index is 12.2. The molecule has 0 radical (unpaired) electrons. The van der Waals surface area contributed by atoms with Gasteiger partial charge in [-0.25, -0.2) is 4.98 Å². The van der Waals surface area contributed by atoms with E-state index in [4.69, 9.17) is 27.9 Å². The first-order chi connectivity index (χ1) is 10.5. The van der Waals surface area contributed by atoms with Crippen molar-refractivity contribution in [1.82, 2.24) is 4.98 Å². The molecule has 0 spiro atoms. The van der Waals surface area contributed by atoms with Crippen molar-refractivity contribution in [2.75, 3.05) is 5.32 Å². The van der Waals surface area contributed by atoms with Crippen LogP contribution in [0, 0.1) is 0 Å². The Morgan fingerprint density at radius 3 is 2.91 bits per heavy atom. The molecule has 0 bridgehead atoms. The molecule has 7 heteroatoms. The number of anilines is 1. The number of hydrogen-bond donors (Lipinski definition) is 1. The molecule has 1 unspecified atom stereocenters. The Bertz CT molecular complexity index is 701. The Morgan fingerprint density at radius 1 is 1.45 bits per heavy atom. The van der Waals surface area contributed by atoms with Gasteiger partial charge >= 0.3 is 0 Å². The molecule has 22 heavy (non-hydrogen) atoms. The molecule has 1 aromatic carbocycles. The van der Waals surface area contributed by atoms with E-state index in [2.05, 4.69) is 10.3 Å². The molecule has 2 aromatic rings. The summed E-state index contributed by atoms with van der Waals surface area (Å²) in [6.45, 7) is 1.66. The van der Waals surface area contributed by atoms with Crippen LogP contribution in [0.3, 0.4) is 0 Å². The number of halogens is 2. The van der Waals surface area contributed by atoms with E-state index in [1.165, 1.54) is 24.2 Å². The predicted molar refractivity (Wildman–Crippen MR) is 89.3 cm³/mol. The summed E-state index contributed by atoms with van der Waals surface area (Å²) in [5, 5.41) is 6.26. The molecule has 0 saturated heterocycles. The Balaban J connectivity index is 1.60. The minimum Gasteiger partial charge on any atom is -0.479 e. The minimum absolute atomic E-state index is 0.261. The van der Waals surface area contributed by atoms with Crippen LogP contribution in [0.5, 0.6) is 5.75 Å². The molecule has 1 saturated carbocycles. The van der Waals surface area contributed by atoms with E-state index in [-0.39, 0.29) is 5.91 Å². The van der Waals surface area contributed by atoms with Crippen LogP contribution in [0.4, 0.5) is 5.13 Å². The topological polar surface area (TPSA) is 51.2 Å². The Hall–Kier alpha value is -1.30. The first kappa shape index (κ1) is 15.6. The lowest BCUT2D eigenvalue weighted by molar-refractivity contribution is -0.122. The summed E-state index contributed by atoms with van der Waals surface area (Å²) >= 11 is 13.3. The molecule has 0 aliphatic heterocycles. The van der Waals surface area contributed by atoms with Crippen molar-refractivity contribution >= 4 is 45.6 Å². The van der Waals surface area contributed by atoms with Gasteiger partial charge in [-0.15, -0.1) is 11.3 Å². The lowest BCUT2D eigenvalue weighted by atomic mass is 10.3. The molecule has 1 fully saturated rings. The number of carbonyl (C=O) groups excluding carboxylic acids is 1. The zero-order chi connectivity index (χ0) is 15.7. The second kappa shape index (κ2) is 6.44. The van der Waals surface area contributed by atoms with Crippen LogP contribution in [0.1, 0.15) is 31.4 Å². The summed E-state index contributed by atoms with van der Waals surface area (Å²) in [5.74, 6) is 0.734. The van der Waals surface area contributed by atoms with Crippen LogP contribution in [0.25, 0.3) is 0 Å². The molecule has 1 heterocycles. The summed E-state index contributed by atoms with van der Waals surface area (Å²) in [6.07, 6.45) is 1.68. The maximum Gasteiger partial charge on any atom is 0.266 e. The van der Waals surface area contributed by atoms with E-state index in [1.54, 1.807) is 25.1 Å². The van der Waals surface area contributed by atoms with Gasteiger partial charge in [-0.05, 0) is 38.0 Å². The number of benzene rings is 1. The molecular formula is C15H14Cl2N2O2S. The molecule has 4 nitrogen and oxygen atoms in total. The van der Waals surface area contributed by atoms with Crippen LogP contribution >= 0.6 is 34.5 Å². The lowest BCUT2D eigenvalue weighted by Gasteiger charge is -2.14. The minimum atomic E-state index is -0.688. The summed E-state index contributed by atoms with van der Waals surface area (Å²) in [7, 11) is 0. The Morgan fingerprint density at radius 2 is 2.23 bits per heavy atom. The standard InChI is InChI=1S/C15H14Cl2N2O2S/c1-8(21-13-5-4-10(16)6-11(13)17)14(20)19-15-18-12(7-22-15)9-2-3-9/h4-9H,2-3H2,1H3,(H,18,19,20). The Labute approximate surface area is 142 Å². The van der Waals surface area contributed by atoms with Crippen LogP contribution in [-0.2, 0) is 4.79 Å². The summed E-state index contributed by atoms with van der Waals surface area (Å²) < 4.78 is 5.57. The summed E-state index contributed by atoms with van der Waals surface area (Å²) in [6, 6.07) is 4.88. The fourth-order valence-electron chi connectivity index (χ4n) is 1.93. The van der Waals surface area contributed by atoms with Gasteiger partial charge in [-0.1, -0.05) is 23.2 Å². The number of nitrogens with zero attached hydrogens (tertiary/aromatic N) is 1. The van der Waals surface area contributed by atoms with Crippen LogP contribution in [0.2, 0.25) is 10.0 Å². The van der Waals surface area contributed by atoms with Crippen molar-refractivity contribution in [3.8, 4) is 5.75 Å². The maximum atomic E-state index is 12.2. The van der Waals surface area contributed by atoms with Gasteiger partial charge in [0.25, 0.3) is 5.91 Å². The zero-order valence-electron chi connectivity index (χ0n) is 11.8. The van der Waals surface area contributed by atoms with Crippen molar-refractivity contribution in [3.63, 3.8) is 0 Å². The van der Waals surface area contributed by atoms with Crippen LogP contribution < -0.4 is 10.1 Å². The highest BCUT2D eigenvalue weighted by Gasteiger charge is 2.26. The monoisotopic (exact) mass is 356 g/mol. The molecule has 1 amide bonds. The number of hydrogen-bond acceptors (Lipinski definition) is 4. The number of nitrogens with one attached hydrogen (secondary N) is 1. The van der Waals surface area contributed by atoms with Gasteiger partial charge in [-0.2, -0.15) is 0 Å². The number of amides is 1. The van der Waals surface area contributed by atoms with Gasteiger partial charge < -0.3 is 4.74 Å². The number of ether oxygens (including phenoxy) is 1. The third-order valence-corrected chi connectivity index (χ3v) is 4.62. The van der Waals surface area contributed by atoms with Crippen molar-refractivity contribution in [2.24, 2.45) is 0 Å². The van der Waals surface area contributed by atoms with E-state index >= 15 is 0 Å². The fraction of sp³-hybridized carbons (Fsp3) is 0.333. The smallest absolute Gasteiger partial charge is 0.266 e. The molecule has 116 valence electrons. The highest BCUT2D eigenvalue weighted by molar-refractivity contribution is 7.13. The molecular weight excluding hydrogens is 343 g/mol. The predicted octanol–water partition coefficient (Wildman–Crippen LogP) is 4.73. The second-order valence-corrected chi connectivity index (χ2v) is 6.88. The SMILES string of the molecule is CC(Oc1ccc(Cl)cc1Cl)C(=O)Nc1nc(C2CC2)cs1. The zero-order valence-corrected chi connectivity index (χ0v) is 14.1. The third-order valence-electron chi connectivity index (χ3n) is 3.31.